The molecule has 0 unspecified atom stereocenters. The van der Waals surface area contributed by atoms with Gasteiger partial charge in [0.05, 0.1) is 26.9 Å². The molecule has 4 heteroatoms. The molecule has 0 amide bonds. The number of hydrogen-bond acceptors (Lipinski definition) is 3. The molecular weight excluding hydrogens is 747 g/mol. The number of fused-ring (bicyclic) bond motifs is 14. The van der Waals surface area contributed by atoms with Crippen LogP contribution in [0.15, 0.2) is 200 Å². The van der Waals surface area contributed by atoms with Crippen molar-refractivity contribution in [2.75, 3.05) is 0 Å². The lowest BCUT2D eigenvalue weighted by Crippen LogP contribution is -2.03. The third kappa shape index (κ3) is 4.95. The second kappa shape index (κ2) is 12.9. The van der Waals surface area contributed by atoms with Crippen molar-refractivity contribution in [2.45, 2.75) is 0 Å². The van der Waals surface area contributed by atoms with Gasteiger partial charge in [-0.3, -0.25) is 4.57 Å². The molecule has 0 aliphatic carbocycles. The Morgan fingerprint density at radius 3 is 1.68 bits per heavy atom. The summed E-state index contributed by atoms with van der Waals surface area (Å²) in [5.41, 5.74) is 9.88. The highest BCUT2D eigenvalue weighted by Crippen LogP contribution is 2.45. The largest absolute Gasteiger partial charge is 0.278 e. The summed E-state index contributed by atoms with van der Waals surface area (Å²) in [7, 11) is 0. The highest BCUT2D eigenvalue weighted by molar-refractivity contribution is 7.26. The molecule has 0 saturated heterocycles. The van der Waals surface area contributed by atoms with Gasteiger partial charge in [0.15, 0.2) is 0 Å². The molecule has 13 rings (SSSR count). The maximum absolute atomic E-state index is 5.63. The molecule has 10 aromatic carbocycles. The Morgan fingerprint density at radius 1 is 0.350 bits per heavy atom. The SMILES string of the molecule is c1ccc(-c2ccc(-c3cccc(-c4nc(-n5c6cc7ccccc7cc6c6c7c8ccccc8c8ccccc8c7ccc65)nc5c4sc4ccccc45)c3)cc2)cc1. The molecule has 3 heterocycles. The minimum atomic E-state index is 0.665. The Balaban J connectivity index is 1.11. The first-order valence-electron chi connectivity index (χ1n) is 20.4. The average Bonchev–Trinajstić information content (AvgIpc) is 3.86. The number of nitrogens with zero attached hydrogens (tertiary/aromatic N) is 3. The van der Waals surface area contributed by atoms with Crippen molar-refractivity contribution in [3.05, 3.63) is 200 Å². The van der Waals surface area contributed by atoms with E-state index in [1.807, 2.05) is 0 Å². The first-order chi connectivity index (χ1) is 29.7. The Kier molecular flexibility index (Phi) is 7.18. The number of hydrogen-bond donors (Lipinski definition) is 0. The van der Waals surface area contributed by atoms with Gasteiger partial charge in [-0.05, 0) is 90.3 Å². The standard InChI is InChI=1S/C56H33N3S/c1-2-13-34(14-3-1)35-25-27-36(28-26-35)37-17-12-18-40(31-37)53-55-54(46-23-10-11-24-50(46)60-55)58-56(57-53)59-48-30-29-45-43-21-7-6-19-41(43)42-20-8-9-22-44(42)51(45)52(48)47-32-38-15-4-5-16-39(38)33-49(47)59/h1-33H. The fourth-order valence-electron chi connectivity index (χ4n) is 9.61. The minimum absolute atomic E-state index is 0.665. The molecule has 0 aliphatic heterocycles. The molecule has 0 bridgehead atoms. The van der Waals surface area contributed by atoms with E-state index in [0.717, 1.165) is 43.5 Å². The lowest BCUT2D eigenvalue weighted by Gasteiger charge is -2.13. The fraction of sp³-hybridized carbons (Fsp3) is 0. The molecule has 0 radical (unpaired) electrons. The summed E-state index contributed by atoms with van der Waals surface area (Å²) in [5, 5.41) is 13.5. The highest BCUT2D eigenvalue weighted by atomic mass is 32.1. The molecule has 0 N–H and O–H groups in total. The third-order valence-electron chi connectivity index (χ3n) is 12.4. The lowest BCUT2D eigenvalue weighted by molar-refractivity contribution is 1.02. The van der Waals surface area contributed by atoms with Crippen molar-refractivity contribution in [1.82, 2.24) is 14.5 Å². The summed E-state index contributed by atoms with van der Waals surface area (Å²) in [6.45, 7) is 0. The monoisotopic (exact) mass is 779 g/mol. The topological polar surface area (TPSA) is 30.7 Å². The van der Waals surface area contributed by atoms with Gasteiger partial charge in [0.2, 0.25) is 5.95 Å². The number of benzene rings is 10. The summed E-state index contributed by atoms with van der Waals surface area (Å²) in [5.74, 6) is 0.665. The zero-order valence-corrected chi connectivity index (χ0v) is 33.1. The van der Waals surface area contributed by atoms with Crippen LogP contribution in [-0.2, 0) is 0 Å². The van der Waals surface area contributed by atoms with Crippen LogP contribution in [0.2, 0.25) is 0 Å². The van der Waals surface area contributed by atoms with Crippen molar-refractivity contribution in [3.63, 3.8) is 0 Å². The van der Waals surface area contributed by atoms with Gasteiger partial charge in [-0.15, -0.1) is 11.3 Å². The van der Waals surface area contributed by atoms with Crippen LogP contribution >= 0.6 is 11.3 Å². The second-order valence-corrected chi connectivity index (χ2v) is 16.7. The Morgan fingerprint density at radius 2 is 0.917 bits per heavy atom. The van der Waals surface area contributed by atoms with Crippen molar-refractivity contribution < 1.29 is 0 Å². The minimum Gasteiger partial charge on any atom is -0.278 e. The van der Waals surface area contributed by atoms with E-state index < -0.39 is 0 Å². The van der Waals surface area contributed by atoms with Gasteiger partial charge in [0.25, 0.3) is 0 Å². The van der Waals surface area contributed by atoms with Crippen molar-refractivity contribution in [2.24, 2.45) is 0 Å². The van der Waals surface area contributed by atoms with Crippen LogP contribution in [0.3, 0.4) is 0 Å². The summed E-state index contributed by atoms with van der Waals surface area (Å²) in [6.07, 6.45) is 0. The van der Waals surface area contributed by atoms with Crippen molar-refractivity contribution >= 4 is 96.5 Å². The van der Waals surface area contributed by atoms with Crippen LogP contribution in [0, 0.1) is 0 Å². The molecule has 0 fully saturated rings. The Labute approximate surface area is 349 Å². The van der Waals surface area contributed by atoms with Crippen molar-refractivity contribution in [1.29, 1.82) is 0 Å². The number of thiophene rings is 1. The molecule has 13 aromatic rings. The summed E-state index contributed by atoms with van der Waals surface area (Å²) in [4.78, 5) is 11.2. The molecule has 3 aromatic heterocycles. The molecule has 0 atom stereocenters. The van der Waals surface area contributed by atoms with Crippen molar-refractivity contribution in [3.8, 4) is 39.5 Å². The van der Waals surface area contributed by atoms with Crippen LogP contribution in [-0.4, -0.2) is 14.5 Å². The van der Waals surface area contributed by atoms with Crippen LogP contribution in [0.4, 0.5) is 0 Å². The second-order valence-electron chi connectivity index (χ2n) is 15.7. The van der Waals surface area contributed by atoms with Crippen LogP contribution in [0.25, 0.3) is 125 Å². The van der Waals surface area contributed by atoms with E-state index in [0.29, 0.717) is 5.95 Å². The summed E-state index contributed by atoms with van der Waals surface area (Å²) < 4.78 is 4.61. The molecule has 0 saturated carbocycles. The maximum Gasteiger partial charge on any atom is 0.235 e. The first-order valence-corrected chi connectivity index (χ1v) is 21.2. The van der Waals surface area contributed by atoms with E-state index in [-0.39, 0.29) is 0 Å². The summed E-state index contributed by atoms with van der Waals surface area (Å²) in [6, 6.07) is 72.6. The molecule has 60 heavy (non-hydrogen) atoms. The Hall–Kier alpha value is -7.66. The van der Waals surface area contributed by atoms with Gasteiger partial charge in [0, 0.05) is 31.8 Å². The van der Waals surface area contributed by atoms with E-state index in [1.54, 1.807) is 11.3 Å². The number of rotatable bonds is 4. The number of aromatic nitrogens is 3. The third-order valence-corrected chi connectivity index (χ3v) is 13.5. The zero-order valence-electron chi connectivity index (χ0n) is 32.3. The average molecular weight is 780 g/mol. The molecule has 3 nitrogen and oxygen atoms in total. The normalized spacial score (nSPS) is 12.0. The first kappa shape index (κ1) is 33.3. The molecular formula is C56H33N3S. The summed E-state index contributed by atoms with van der Waals surface area (Å²) >= 11 is 1.77. The van der Waals surface area contributed by atoms with Gasteiger partial charge in [0.1, 0.15) is 0 Å². The molecule has 0 aliphatic rings. The highest BCUT2D eigenvalue weighted by Gasteiger charge is 2.23. The smallest absolute Gasteiger partial charge is 0.235 e. The zero-order chi connectivity index (χ0) is 39.3. The van der Waals surface area contributed by atoms with Gasteiger partial charge >= 0.3 is 0 Å². The van der Waals surface area contributed by atoms with Gasteiger partial charge < -0.3 is 0 Å². The van der Waals surface area contributed by atoms with E-state index in [1.165, 1.54) is 75.3 Å². The van der Waals surface area contributed by atoms with Crippen LogP contribution < -0.4 is 0 Å². The van der Waals surface area contributed by atoms with Gasteiger partial charge in [-0.2, -0.15) is 0 Å². The van der Waals surface area contributed by atoms with E-state index in [9.17, 15) is 0 Å². The maximum atomic E-state index is 5.63. The van der Waals surface area contributed by atoms with Crippen LogP contribution in [0.1, 0.15) is 0 Å². The molecule has 278 valence electrons. The fourth-order valence-corrected chi connectivity index (χ4v) is 10.8. The lowest BCUT2D eigenvalue weighted by atomic mass is 9.91. The quantitative estimate of drug-likeness (QED) is 0.167. The van der Waals surface area contributed by atoms with E-state index >= 15 is 0 Å². The van der Waals surface area contributed by atoms with Gasteiger partial charge in [-0.25, -0.2) is 9.97 Å². The Bertz CT molecular complexity index is 3840. The van der Waals surface area contributed by atoms with Crippen LogP contribution in [0.5, 0.6) is 0 Å². The van der Waals surface area contributed by atoms with E-state index in [2.05, 4.69) is 205 Å². The van der Waals surface area contributed by atoms with E-state index in [4.69, 9.17) is 9.97 Å². The molecule has 0 spiro atoms. The predicted octanol–water partition coefficient (Wildman–Crippen LogP) is 15.6. The predicted molar refractivity (Wildman–Crippen MR) is 256 cm³/mol. The van der Waals surface area contributed by atoms with Gasteiger partial charge in [-0.1, -0.05) is 170 Å².